The quantitative estimate of drug-likeness (QED) is 0.402. The van der Waals surface area contributed by atoms with Crippen molar-refractivity contribution in [2.45, 2.75) is 43.6 Å². The number of hydrogen-bond acceptors (Lipinski definition) is 4. The third kappa shape index (κ3) is 3.83. The molecule has 0 bridgehead atoms. The highest BCUT2D eigenvalue weighted by Crippen LogP contribution is 2.33. The highest BCUT2D eigenvalue weighted by Gasteiger charge is 2.22. The lowest BCUT2D eigenvalue weighted by Crippen LogP contribution is -2.23. The first kappa shape index (κ1) is 17.3. The van der Waals surface area contributed by atoms with E-state index in [0.29, 0.717) is 5.02 Å². The predicted molar refractivity (Wildman–Crippen MR) is 108 cm³/mol. The van der Waals surface area contributed by atoms with Crippen LogP contribution in [0.5, 0.6) is 0 Å². The van der Waals surface area contributed by atoms with Gasteiger partial charge < -0.3 is 4.90 Å². The Morgan fingerprint density at radius 2 is 1.88 bits per heavy atom. The van der Waals surface area contributed by atoms with Crippen LogP contribution in [0.2, 0.25) is 5.02 Å². The van der Waals surface area contributed by atoms with E-state index in [4.69, 9.17) is 33.8 Å². The van der Waals surface area contributed by atoms with Gasteiger partial charge >= 0.3 is 0 Å². The summed E-state index contributed by atoms with van der Waals surface area (Å²) in [5.74, 6) is 0.759. The van der Waals surface area contributed by atoms with Crippen molar-refractivity contribution in [3.63, 3.8) is 0 Å². The third-order valence-electron chi connectivity index (χ3n) is 4.78. The summed E-state index contributed by atoms with van der Waals surface area (Å²) in [5, 5.41) is 1.75. The van der Waals surface area contributed by atoms with E-state index in [-0.39, 0.29) is 0 Å². The molecule has 1 aliphatic carbocycles. The summed E-state index contributed by atoms with van der Waals surface area (Å²) in [6.07, 6.45) is 6.94. The number of fused-ring (bicyclic) bond motifs is 1. The van der Waals surface area contributed by atoms with Crippen LogP contribution in [0.1, 0.15) is 36.9 Å². The maximum Gasteiger partial charge on any atom is 0.160 e. The van der Waals surface area contributed by atoms with E-state index in [1.807, 2.05) is 24.3 Å². The van der Waals surface area contributed by atoms with Crippen LogP contribution in [0, 0.1) is 0 Å². The van der Waals surface area contributed by atoms with Gasteiger partial charge in [0, 0.05) is 34.9 Å². The smallest absolute Gasteiger partial charge is 0.160 e. The Hall–Kier alpha value is -1.17. The average molecular weight is 390 g/mol. The molecule has 130 valence electrons. The van der Waals surface area contributed by atoms with Crippen LogP contribution in [-0.2, 0) is 12.8 Å². The molecule has 2 aliphatic rings. The number of halogens is 1. The minimum absolute atomic E-state index is 0.709. The number of hydrogen-bond donors (Lipinski definition) is 0. The first-order valence-corrected chi connectivity index (χ1v) is 10.4. The lowest BCUT2D eigenvalue weighted by Gasteiger charge is -2.22. The Morgan fingerprint density at radius 3 is 2.68 bits per heavy atom. The van der Waals surface area contributed by atoms with Crippen molar-refractivity contribution >= 4 is 39.9 Å². The summed E-state index contributed by atoms with van der Waals surface area (Å²) in [6, 6.07) is 7.77. The zero-order chi connectivity index (χ0) is 17.2. The Balaban J connectivity index is 1.71. The van der Waals surface area contributed by atoms with Gasteiger partial charge in [-0.2, -0.15) is 0 Å². The SMILES string of the molecule is S=C(Sc1nc(-c2cccc(Cl)c2)nc2c1CCCC2)N1CCCC1. The number of benzene rings is 1. The summed E-state index contributed by atoms with van der Waals surface area (Å²) in [7, 11) is 0. The molecule has 0 atom stereocenters. The molecule has 2 aromatic rings. The summed E-state index contributed by atoms with van der Waals surface area (Å²) in [5.41, 5.74) is 3.45. The van der Waals surface area contributed by atoms with Crippen molar-refractivity contribution in [2.75, 3.05) is 13.1 Å². The summed E-state index contributed by atoms with van der Waals surface area (Å²) in [6.45, 7) is 2.14. The Bertz CT molecular complexity index is 803. The van der Waals surface area contributed by atoms with Gasteiger partial charge in [0.15, 0.2) is 5.82 Å². The van der Waals surface area contributed by atoms with E-state index in [0.717, 1.165) is 46.7 Å². The number of likely N-dealkylation sites (tertiary alicyclic amines) is 1. The molecule has 4 rings (SSSR count). The van der Waals surface area contributed by atoms with Crippen molar-refractivity contribution in [3.8, 4) is 11.4 Å². The normalized spacial score (nSPS) is 16.8. The molecule has 0 saturated carbocycles. The van der Waals surface area contributed by atoms with Crippen LogP contribution >= 0.6 is 35.6 Å². The molecule has 1 saturated heterocycles. The molecule has 2 heterocycles. The molecule has 3 nitrogen and oxygen atoms in total. The molecule has 0 N–H and O–H groups in total. The lowest BCUT2D eigenvalue weighted by atomic mass is 9.97. The second kappa shape index (κ2) is 7.60. The van der Waals surface area contributed by atoms with Gasteiger partial charge in [0.05, 0.1) is 0 Å². The molecule has 0 radical (unpaired) electrons. The monoisotopic (exact) mass is 389 g/mol. The second-order valence-electron chi connectivity index (χ2n) is 6.56. The molecule has 0 unspecified atom stereocenters. The minimum atomic E-state index is 0.709. The van der Waals surface area contributed by atoms with E-state index >= 15 is 0 Å². The molecule has 1 aromatic carbocycles. The summed E-state index contributed by atoms with van der Waals surface area (Å²) < 4.78 is 0.945. The fraction of sp³-hybridized carbons (Fsp3) is 0.421. The standard InChI is InChI=1S/C19H20ClN3S2/c20-14-7-5-6-13(12-14)17-21-16-9-2-1-8-15(16)18(22-17)25-19(24)23-10-3-4-11-23/h5-7,12H,1-4,8-11H2. The summed E-state index contributed by atoms with van der Waals surface area (Å²) >= 11 is 13.5. The molecule has 6 heteroatoms. The van der Waals surface area contributed by atoms with Crippen molar-refractivity contribution in [1.29, 1.82) is 0 Å². The van der Waals surface area contributed by atoms with Gasteiger partial charge in [-0.15, -0.1) is 0 Å². The largest absolute Gasteiger partial charge is 0.357 e. The maximum absolute atomic E-state index is 6.16. The van der Waals surface area contributed by atoms with Crippen LogP contribution in [0.15, 0.2) is 29.3 Å². The predicted octanol–water partition coefficient (Wildman–Crippen LogP) is 5.15. The number of nitrogens with zero attached hydrogens (tertiary/aromatic N) is 3. The van der Waals surface area contributed by atoms with Crippen molar-refractivity contribution in [3.05, 3.63) is 40.5 Å². The first-order valence-electron chi connectivity index (χ1n) is 8.83. The number of thiocarbonyl (C=S) groups is 1. The van der Waals surface area contributed by atoms with Crippen molar-refractivity contribution in [1.82, 2.24) is 14.9 Å². The molecule has 0 amide bonds. The van der Waals surface area contributed by atoms with Crippen molar-refractivity contribution < 1.29 is 0 Å². The van der Waals surface area contributed by atoms with Crippen molar-refractivity contribution in [2.24, 2.45) is 0 Å². The number of thioether (sulfide) groups is 1. The molecule has 1 aromatic heterocycles. The Kier molecular flexibility index (Phi) is 5.25. The molecule has 1 fully saturated rings. The van der Waals surface area contributed by atoms with Gasteiger partial charge in [-0.05, 0) is 62.4 Å². The fourth-order valence-corrected chi connectivity index (χ4v) is 5.01. The molecular formula is C19H20ClN3S2. The molecule has 1 aliphatic heterocycles. The third-order valence-corrected chi connectivity index (χ3v) is 6.48. The lowest BCUT2D eigenvalue weighted by molar-refractivity contribution is 0.539. The minimum Gasteiger partial charge on any atom is -0.357 e. The Labute approximate surface area is 163 Å². The second-order valence-corrected chi connectivity index (χ2v) is 8.62. The average Bonchev–Trinajstić information content (AvgIpc) is 3.16. The zero-order valence-electron chi connectivity index (χ0n) is 14.0. The van der Waals surface area contributed by atoms with Gasteiger partial charge in [0.25, 0.3) is 0 Å². The van der Waals surface area contributed by atoms with E-state index in [1.54, 1.807) is 11.8 Å². The fourth-order valence-electron chi connectivity index (χ4n) is 3.45. The van der Waals surface area contributed by atoms with Crippen LogP contribution in [-0.4, -0.2) is 32.3 Å². The highest BCUT2D eigenvalue weighted by atomic mass is 35.5. The van der Waals surface area contributed by atoms with Gasteiger partial charge in [-0.3, -0.25) is 0 Å². The zero-order valence-corrected chi connectivity index (χ0v) is 16.4. The first-order chi connectivity index (χ1) is 12.2. The summed E-state index contributed by atoms with van der Waals surface area (Å²) in [4.78, 5) is 12.0. The van der Waals surface area contributed by atoms with Crippen LogP contribution in [0.25, 0.3) is 11.4 Å². The molecule has 25 heavy (non-hydrogen) atoms. The van der Waals surface area contributed by atoms with Gasteiger partial charge in [-0.1, -0.05) is 36.0 Å². The van der Waals surface area contributed by atoms with E-state index in [2.05, 4.69) is 4.90 Å². The Morgan fingerprint density at radius 1 is 1.08 bits per heavy atom. The maximum atomic E-state index is 6.16. The number of aryl methyl sites for hydroxylation is 1. The number of aromatic nitrogens is 2. The van der Waals surface area contributed by atoms with Crippen LogP contribution in [0.3, 0.4) is 0 Å². The van der Waals surface area contributed by atoms with Gasteiger partial charge in [-0.25, -0.2) is 9.97 Å². The van der Waals surface area contributed by atoms with Crippen LogP contribution in [0.4, 0.5) is 0 Å². The highest BCUT2D eigenvalue weighted by molar-refractivity contribution is 8.22. The topological polar surface area (TPSA) is 29.0 Å². The van der Waals surface area contributed by atoms with E-state index in [9.17, 15) is 0 Å². The van der Waals surface area contributed by atoms with E-state index < -0.39 is 0 Å². The number of rotatable bonds is 2. The van der Waals surface area contributed by atoms with Gasteiger partial charge in [0.1, 0.15) is 9.35 Å². The molecular weight excluding hydrogens is 370 g/mol. The van der Waals surface area contributed by atoms with Gasteiger partial charge in [0.2, 0.25) is 0 Å². The van der Waals surface area contributed by atoms with E-state index in [1.165, 1.54) is 36.9 Å². The van der Waals surface area contributed by atoms with Crippen LogP contribution < -0.4 is 0 Å². The molecule has 0 spiro atoms.